The van der Waals surface area contributed by atoms with Gasteiger partial charge in [-0.3, -0.25) is 0 Å². The minimum atomic E-state index is -0.459. The molecule has 1 aliphatic rings. The van der Waals surface area contributed by atoms with Crippen molar-refractivity contribution in [3.8, 4) is 5.75 Å². The van der Waals surface area contributed by atoms with Gasteiger partial charge in [0.1, 0.15) is 0 Å². The SMILES string of the molecule is C=CC(=O)OCCCOc1ccc2c3c(cccc13)C(=O)N(c1nc(C)cc(C)n1)[C]2=[Co]. The number of anilines is 1. The number of benzene rings is 2. The van der Waals surface area contributed by atoms with E-state index in [0.29, 0.717) is 34.9 Å². The molecule has 0 saturated carbocycles. The Balaban J connectivity index is 1.65. The van der Waals surface area contributed by atoms with Gasteiger partial charge in [-0.25, -0.2) is 0 Å². The van der Waals surface area contributed by atoms with Gasteiger partial charge in [0.05, 0.1) is 0 Å². The van der Waals surface area contributed by atoms with Crippen molar-refractivity contribution in [1.82, 2.24) is 9.97 Å². The van der Waals surface area contributed by atoms with E-state index >= 15 is 0 Å². The summed E-state index contributed by atoms with van der Waals surface area (Å²) in [7, 11) is 0. The molecular formula is C24H21CoN3O4. The summed E-state index contributed by atoms with van der Waals surface area (Å²) < 4.78 is 11.4. The quantitative estimate of drug-likeness (QED) is 0.297. The molecule has 4 rings (SSSR count). The normalized spacial score (nSPS) is 12.8. The van der Waals surface area contributed by atoms with Crippen LogP contribution in [0.15, 0.2) is 49.1 Å². The van der Waals surface area contributed by atoms with E-state index in [1.807, 2.05) is 44.2 Å². The van der Waals surface area contributed by atoms with Crippen molar-refractivity contribution in [2.45, 2.75) is 20.3 Å². The number of rotatable bonds is 7. The molecule has 0 spiro atoms. The molecule has 0 atom stereocenters. The summed E-state index contributed by atoms with van der Waals surface area (Å²) in [6.07, 6.45) is 1.66. The molecule has 1 aromatic heterocycles. The molecule has 0 fully saturated rings. The van der Waals surface area contributed by atoms with Crippen LogP contribution in [-0.4, -0.2) is 39.6 Å². The average molecular weight is 474 g/mol. The second-order valence-corrected chi connectivity index (χ2v) is 7.77. The number of carbonyl (C=O) groups is 2. The van der Waals surface area contributed by atoms with Crippen molar-refractivity contribution in [3.05, 3.63) is 71.6 Å². The number of nitrogens with zero attached hydrogens (tertiary/aromatic N) is 3. The Labute approximate surface area is 193 Å². The van der Waals surface area contributed by atoms with Gasteiger partial charge in [-0.2, -0.15) is 0 Å². The Morgan fingerprint density at radius 3 is 2.59 bits per heavy atom. The van der Waals surface area contributed by atoms with Crippen molar-refractivity contribution in [2.75, 3.05) is 18.1 Å². The number of esters is 1. The van der Waals surface area contributed by atoms with E-state index in [-0.39, 0.29) is 12.5 Å². The predicted molar refractivity (Wildman–Crippen MR) is 118 cm³/mol. The molecule has 0 saturated heterocycles. The van der Waals surface area contributed by atoms with Crippen LogP contribution < -0.4 is 9.64 Å². The van der Waals surface area contributed by atoms with Crippen LogP contribution in [0.25, 0.3) is 10.8 Å². The zero-order valence-electron chi connectivity index (χ0n) is 17.7. The van der Waals surface area contributed by atoms with Crippen molar-refractivity contribution < 1.29 is 34.4 Å². The van der Waals surface area contributed by atoms with Crippen LogP contribution in [-0.2, 0) is 24.8 Å². The van der Waals surface area contributed by atoms with E-state index in [1.165, 1.54) is 4.90 Å². The summed E-state index contributed by atoms with van der Waals surface area (Å²) in [5.74, 6) is 0.237. The third-order valence-electron chi connectivity index (χ3n) is 4.96. The Kier molecular flexibility index (Phi) is 6.16. The molecule has 165 valence electrons. The first-order valence-corrected chi connectivity index (χ1v) is 10.6. The summed E-state index contributed by atoms with van der Waals surface area (Å²) in [4.78, 5) is 34.9. The number of amides is 1. The number of aromatic nitrogens is 2. The van der Waals surface area contributed by atoms with Gasteiger partial charge in [0, 0.05) is 0 Å². The number of ether oxygens (including phenoxy) is 2. The molecule has 32 heavy (non-hydrogen) atoms. The monoisotopic (exact) mass is 474 g/mol. The zero-order chi connectivity index (χ0) is 22.8. The number of carbonyl (C=O) groups excluding carboxylic acids is 2. The van der Waals surface area contributed by atoms with Crippen LogP contribution in [0.4, 0.5) is 5.95 Å². The Morgan fingerprint density at radius 1 is 1.12 bits per heavy atom. The maximum absolute atomic E-state index is 13.4. The molecule has 0 aliphatic carbocycles. The second-order valence-electron chi connectivity index (χ2n) is 7.27. The van der Waals surface area contributed by atoms with Crippen molar-refractivity contribution in [1.29, 1.82) is 0 Å². The molecule has 0 unspecified atom stereocenters. The first-order chi connectivity index (χ1) is 15.4. The third-order valence-corrected chi connectivity index (χ3v) is 5.47. The predicted octanol–water partition coefficient (Wildman–Crippen LogP) is 3.43. The second kappa shape index (κ2) is 9.02. The van der Waals surface area contributed by atoms with E-state index in [2.05, 4.69) is 16.5 Å². The summed E-state index contributed by atoms with van der Waals surface area (Å²) in [6.45, 7) is 7.69. The van der Waals surface area contributed by atoms with Crippen molar-refractivity contribution in [3.63, 3.8) is 0 Å². The van der Waals surface area contributed by atoms with Gasteiger partial charge in [-0.15, -0.1) is 0 Å². The van der Waals surface area contributed by atoms with Gasteiger partial charge < -0.3 is 0 Å². The van der Waals surface area contributed by atoms with Gasteiger partial charge in [-0.1, -0.05) is 6.58 Å². The van der Waals surface area contributed by atoms with Crippen LogP contribution >= 0.6 is 0 Å². The van der Waals surface area contributed by atoms with Crippen LogP contribution in [0.3, 0.4) is 0 Å². The molecule has 0 radical (unpaired) electrons. The van der Waals surface area contributed by atoms with E-state index in [4.69, 9.17) is 24.8 Å². The summed E-state index contributed by atoms with van der Waals surface area (Å²) in [5, 5.41) is 1.58. The average Bonchev–Trinajstić information content (AvgIpc) is 2.76. The Bertz CT molecular complexity index is 1230. The van der Waals surface area contributed by atoms with Gasteiger partial charge in [0.15, 0.2) is 0 Å². The Hall–Kier alpha value is -3.36. The van der Waals surface area contributed by atoms with Crippen molar-refractivity contribution >= 4 is 33.2 Å². The third kappa shape index (κ3) is 4.06. The molecule has 3 aromatic rings. The molecule has 7 nitrogen and oxygen atoms in total. The first kappa shape index (κ1) is 21.9. The topological polar surface area (TPSA) is 81.6 Å². The fourth-order valence-electron chi connectivity index (χ4n) is 3.63. The van der Waals surface area contributed by atoms with Crippen molar-refractivity contribution in [2.24, 2.45) is 0 Å². The molecule has 2 aromatic carbocycles. The van der Waals surface area contributed by atoms with E-state index in [0.717, 1.165) is 33.8 Å². The number of hydrogen-bond acceptors (Lipinski definition) is 6. The van der Waals surface area contributed by atoms with Gasteiger partial charge in [-0.05, 0) is 0 Å². The maximum atomic E-state index is 13.4. The van der Waals surface area contributed by atoms with Gasteiger partial charge >= 0.3 is 187 Å². The van der Waals surface area contributed by atoms with Crippen LogP contribution in [0.1, 0.15) is 33.7 Å². The van der Waals surface area contributed by atoms with Crippen LogP contribution in [0, 0.1) is 13.8 Å². The van der Waals surface area contributed by atoms with E-state index < -0.39 is 5.97 Å². The van der Waals surface area contributed by atoms with Crippen LogP contribution in [0.2, 0.25) is 0 Å². The molecule has 0 bridgehead atoms. The van der Waals surface area contributed by atoms with E-state index in [9.17, 15) is 9.59 Å². The molecule has 1 aliphatic heterocycles. The molecular weight excluding hydrogens is 453 g/mol. The minimum absolute atomic E-state index is 0.240. The molecule has 0 N–H and O–H groups in total. The van der Waals surface area contributed by atoms with Gasteiger partial charge in [0.25, 0.3) is 0 Å². The summed E-state index contributed by atoms with van der Waals surface area (Å²) in [5.41, 5.74) is 2.87. The standard InChI is InChI=1S/C24H21N3O4.Co/c1-4-21(28)31-12-6-11-30-20-10-9-17-14-27(24-25-15(2)13-16(3)26-24)23(29)19-8-5-7-18(20)22(17)19;/h4-5,7-10,13H,1,6,11-12H2,2-3H3;. The number of hydrogen-bond donors (Lipinski definition) is 0. The Morgan fingerprint density at radius 2 is 1.88 bits per heavy atom. The zero-order valence-corrected chi connectivity index (χ0v) is 18.7. The molecule has 1 amide bonds. The number of aryl methyl sites for hydroxylation is 2. The van der Waals surface area contributed by atoms with Crippen LogP contribution in [0.5, 0.6) is 5.75 Å². The summed E-state index contributed by atoms with van der Waals surface area (Å²) >= 11 is 4.74. The van der Waals surface area contributed by atoms with E-state index in [1.54, 1.807) is 6.07 Å². The fraction of sp³-hybridized carbons (Fsp3) is 0.208. The molecule has 8 heteroatoms. The first-order valence-electron chi connectivity index (χ1n) is 10.1. The molecule has 2 heterocycles. The summed E-state index contributed by atoms with van der Waals surface area (Å²) in [6, 6.07) is 11.1. The van der Waals surface area contributed by atoms with Gasteiger partial charge in [0.2, 0.25) is 0 Å². The fourth-order valence-corrected chi connectivity index (χ4v) is 4.05.